The summed E-state index contributed by atoms with van der Waals surface area (Å²) in [5.74, 6) is 0.177. The third kappa shape index (κ3) is 5.38. The van der Waals surface area contributed by atoms with Crippen molar-refractivity contribution in [3.63, 3.8) is 0 Å². The van der Waals surface area contributed by atoms with Gasteiger partial charge < -0.3 is 11.5 Å². The Morgan fingerprint density at radius 1 is 0.750 bits per heavy atom. The maximum Gasteiger partial charge on any atom is 0.162 e. The highest BCUT2D eigenvalue weighted by molar-refractivity contribution is 5.98. The molecule has 3 aromatic rings. The second kappa shape index (κ2) is 9.98. The Bertz CT molecular complexity index is 833. The summed E-state index contributed by atoms with van der Waals surface area (Å²) < 4.78 is 0. The van der Waals surface area contributed by atoms with Crippen LogP contribution in [0.2, 0.25) is 0 Å². The number of hydrogen-bond acceptors (Lipinski definition) is 3. The van der Waals surface area contributed by atoms with Crippen molar-refractivity contribution in [1.82, 2.24) is 0 Å². The summed E-state index contributed by atoms with van der Waals surface area (Å²) in [4.78, 5) is 12.9. The molecular formula is C25H28N2O. The van der Waals surface area contributed by atoms with Crippen molar-refractivity contribution in [2.24, 2.45) is 11.5 Å². The van der Waals surface area contributed by atoms with Crippen LogP contribution in [0.5, 0.6) is 0 Å². The Morgan fingerprint density at radius 2 is 1.29 bits per heavy atom. The Labute approximate surface area is 167 Å². The SMILES string of the molecule is NC[C@@H](N)CCCCC(=O)c1cc(-c2ccccc2)cc(-c2ccccc2)c1. The number of Topliss-reactive ketones (excluding diaryl/α,β-unsaturated/α-hetero) is 1. The summed E-state index contributed by atoms with van der Waals surface area (Å²) in [6.07, 6.45) is 3.16. The van der Waals surface area contributed by atoms with Crippen LogP contribution in [0.15, 0.2) is 78.9 Å². The smallest absolute Gasteiger partial charge is 0.162 e. The molecule has 0 fully saturated rings. The molecule has 0 aliphatic rings. The average molecular weight is 373 g/mol. The Hall–Kier alpha value is -2.75. The fraction of sp³-hybridized carbons (Fsp3) is 0.240. The molecule has 144 valence electrons. The highest BCUT2D eigenvalue weighted by Crippen LogP contribution is 2.29. The minimum Gasteiger partial charge on any atom is -0.329 e. The van der Waals surface area contributed by atoms with E-state index in [2.05, 4.69) is 30.3 Å². The first kappa shape index (κ1) is 20.0. The minimum atomic E-state index is 0.0289. The second-order valence-corrected chi connectivity index (χ2v) is 7.20. The number of ketones is 1. The van der Waals surface area contributed by atoms with Crippen LogP contribution < -0.4 is 11.5 Å². The zero-order valence-electron chi connectivity index (χ0n) is 16.2. The Morgan fingerprint density at radius 3 is 1.79 bits per heavy atom. The van der Waals surface area contributed by atoms with E-state index in [4.69, 9.17) is 11.5 Å². The number of rotatable bonds is 9. The predicted molar refractivity (Wildman–Crippen MR) is 117 cm³/mol. The zero-order valence-corrected chi connectivity index (χ0v) is 16.2. The standard InChI is InChI=1S/C25H28N2O/c26-18-24(27)13-7-8-14-25(28)23-16-21(19-9-3-1-4-10-19)15-22(17-23)20-11-5-2-6-12-20/h1-6,9-12,15-17,24H,7-8,13-14,18,26-27H2/t24-/m0/s1. The summed E-state index contributed by atoms with van der Waals surface area (Å²) >= 11 is 0. The van der Waals surface area contributed by atoms with Crippen molar-refractivity contribution in [3.8, 4) is 22.3 Å². The molecule has 0 aliphatic carbocycles. The van der Waals surface area contributed by atoms with E-state index in [0.717, 1.165) is 47.1 Å². The number of unbranched alkanes of at least 4 members (excludes halogenated alkanes) is 1. The molecule has 28 heavy (non-hydrogen) atoms. The van der Waals surface area contributed by atoms with Crippen molar-refractivity contribution in [2.75, 3.05) is 6.54 Å². The van der Waals surface area contributed by atoms with Gasteiger partial charge in [-0.3, -0.25) is 4.79 Å². The monoisotopic (exact) mass is 372 g/mol. The molecule has 1 atom stereocenters. The van der Waals surface area contributed by atoms with E-state index >= 15 is 0 Å². The average Bonchev–Trinajstić information content (AvgIpc) is 2.77. The lowest BCUT2D eigenvalue weighted by Gasteiger charge is -2.11. The van der Waals surface area contributed by atoms with Gasteiger partial charge >= 0.3 is 0 Å². The predicted octanol–water partition coefficient (Wildman–Crippen LogP) is 5.05. The molecule has 3 aromatic carbocycles. The van der Waals surface area contributed by atoms with Crippen molar-refractivity contribution < 1.29 is 4.79 Å². The van der Waals surface area contributed by atoms with Gasteiger partial charge in [-0.05, 0) is 53.3 Å². The van der Waals surface area contributed by atoms with Crippen LogP contribution in [0.1, 0.15) is 36.0 Å². The number of carbonyl (C=O) groups excluding carboxylic acids is 1. The van der Waals surface area contributed by atoms with E-state index in [9.17, 15) is 4.79 Å². The molecule has 0 bridgehead atoms. The Kier molecular flexibility index (Phi) is 7.12. The van der Waals surface area contributed by atoms with E-state index < -0.39 is 0 Å². The number of carbonyl (C=O) groups is 1. The molecule has 0 spiro atoms. The van der Waals surface area contributed by atoms with E-state index in [-0.39, 0.29) is 11.8 Å². The molecule has 3 rings (SSSR count). The van der Waals surface area contributed by atoms with Crippen LogP contribution in [0.4, 0.5) is 0 Å². The molecule has 3 nitrogen and oxygen atoms in total. The summed E-state index contributed by atoms with van der Waals surface area (Å²) in [6, 6.07) is 26.6. The fourth-order valence-corrected chi connectivity index (χ4v) is 3.34. The van der Waals surface area contributed by atoms with E-state index in [1.165, 1.54) is 0 Å². The van der Waals surface area contributed by atoms with Gasteiger partial charge in [-0.1, -0.05) is 67.1 Å². The van der Waals surface area contributed by atoms with Crippen LogP contribution >= 0.6 is 0 Å². The zero-order chi connectivity index (χ0) is 19.8. The van der Waals surface area contributed by atoms with Crippen LogP contribution in [-0.4, -0.2) is 18.4 Å². The van der Waals surface area contributed by atoms with Gasteiger partial charge in [0, 0.05) is 24.6 Å². The van der Waals surface area contributed by atoms with Gasteiger partial charge in [-0.15, -0.1) is 0 Å². The molecule has 0 amide bonds. The van der Waals surface area contributed by atoms with Crippen LogP contribution in [0.3, 0.4) is 0 Å². The first-order valence-corrected chi connectivity index (χ1v) is 9.92. The molecule has 0 saturated carbocycles. The van der Waals surface area contributed by atoms with Crippen molar-refractivity contribution >= 4 is 5.78 Å². The molecular weight excluding hydrogens is 344 g/mol. The van der Waals surface area contributed by atoms with Crippen molar-refractivity contribution in [2.45, 2.75) is 31.7 Å². The lowest BCUT2D eigenvalue weighted by molar-refractivity contribution is 0.0979. The van der Waals surface area contributed by atoms with Crippen LogP contribution in [0, 0.1) is 0 Å². The lowest BCUT2D eigenvalue weighted by atomic mass is 9.93. The molecule has 0 saturated heterocycles. The maximum absolute atomic E-state index is 12.9. The highest BCUT2D eigenvalue weighted by Gasteiger charge is 2.11. The Balaban J connectivity index is 1.84. The normalized spacial score (nSPS) is 11.9. The maximum atomic E-state index is 12.9. The number of benzene rings is 3. The molecule has 0 aliphatic heterocycles. The molecule has 0 heterocycles. The molecule has 0 aromatic heterocycles. The van der Waals surface area contributed by atoms with E-state index in [0.29, 0.717) is 13.0 Å². The first-order valence-electron chi connectivity index (χ1n) is 9.92. The second-order valence-electron chi connectivity index (χ2n) is 7.20. The van der Waals surface area contributed by atoms with Gasteiger partial charge in [0.05, 0.1) is 0 Å². The lowest BCUT2D eigenvalue weighted by Crippen LogP contribution is -2.29. The van der Waals surface area contributed by atoms with Gasteiger partial charge in [0.2, 0.25) is 0 Å². The third-order valence-electron chi connectivity index (χ3n) is 5.00. The summed E-state index contributed by atoms with van der Waals surface area (Å²) in [5.41, 5.74) is 16.5. The van der Waals surface area contributed by atoms with Crippen LogP contribution in [-0.2, 0) is 0 Å². The fourth-order valence-electron chi connectivity index (χ4n) is 3.34. The first-order chi connectivity index (χ1) is 13.7. The highest BCUT2D eigenvalue weighted by atomic mass is 16.1. The van der Waals surface area contributed by atoms with Gasteiger partial charge in [-0.25, -0.2) is 0 Å². The summed E-state index contributed by atoms with van der Waals surface area (Å²) in [6.45, 7) is 0.494. The van der Waals surface area contributed by atoms with Crippen molar-refractivity contribution in [1.29, 1.82) is 0 Å². The summed E-state index contributed by atoms with van der Waals surface area (Å²) in [7, 11) is 0. The molecule has 0 radical (unpaired) electrons. The van der Waals surface area contributed by atoms with Gasteiger partial charge in [0.1, 0.15) is 0 Å². The largest absolute Gasteiger partial charge is 0.329 e. The van der Waals surface area contributed by atoms with Crippen molar-refractivity contribution in [3.05, 3.63) is 84.4 Å². The van der Waals surface area contributed by atoms with Crippen LogP contribution in [0.25, 0.3) is 22.3 Å². The van der Waals surface area contributed by atoms with Gasteiger partial charge in [-0.2, -0.15) is 0 Å². The molecule has 0 unspecified atom stereocenters. The molecule has 4 N–H and O–H groups in total. The topological polar surface area (TPSA) is 69.1 Å². The summed E-state index contributed by atoms with van der Waals surface area (Å²) in [5, 5.41) is 0. The van der Waals surface area contributed by atoms with E-state index in [1.807, 2.05) is 48.5 Å². The number of nitrogens with two attached hydrogens (primary N) is 2. The third-order valence-corrected chi connectivity index (χ3v) is 5.00. The quantitative estimate of drug-likeness (QED) is 0.408. The molecule has 3 heteroatoms. The minimum absolute atomic E-state index is 0.0289. The number of hydrogen-bond donors (Lipinski definition) is 2. The van der Waals surface area contributed by atoms with E-state index in [1.54, 1.807) is 0 Å². The van der Waals surface area contributed by atoms with Gasteiger partial charge in [0.25, 0.3) is 0 Å². The van der Waals surface area contributed by atoms with Gasteiger partial charge in [0.15, 0.2) is 5.78 Å².